The number of nitrogens with one attached hydrogen (secondary N) is 1. The van der Waals surface area contributed by atoms with Gasteiger partial charge in [-0.05, 0) is 49.6 Å². The van der Waals surface area contributed by atoms with Crippen molar-refractivity contribution < 1.29 is 4.39 Å². The van der Waals surface area contributed by atoms with Gasteiger partial charge in [-0.15, -0.1) is 0 Å². The minimum absolute atomic E-state index is 0.237. The maximum absolute atomic E-state index is 14.4. The Hall–Kier alpha value is -1.23. The molecule has 0 heterocycles. The highest BCUT2D eigenvalue weighted by atomic mass is 79.9. The van der Waals surface area contributed by atoms with E-state index in [1.807, 2.05) is 45.0 Å². The molecule has 0 radical (unpaired) electrons. The summed E-state index contributed by atoms with van der Waals surface area (Å²) in [6.07, 6.45) is 0. The molecule has 0 aliphatic rings. The first-order valence-electron chi connectivity index (χ1n) is 6.43. The smallest absolute Gasteiger partial charge is 0.128 e. The highest BCUT2D eigenvalue weighted by Gasteiger charge is 2.21. The Morgan fingerprint density at radius 1 is 1.10 bits per heavy atom. The highest BCUT2D eigenvalue weighted by molar-refractivity contribution is 9.10. The summed E-state index contributed by atoms with van der Waals surface area (Å²) in [6.45, 7) is 5.79. The van der Waals surface area contributed by atoms with Gasteiger partial charge >= 0.3 is 0 Å². The summed E-state index contributed by atoms with van der Waals surface area (Å²) >= 11 is 3.51. The Morgan fingerprint density at radius 3 is 2.40 bits per heavy atom. The Balaban J connectivity index is 2.61. The lowest BCUT2D eigenvalue weighted by atomic mass is 9.93. The zero-order valence-electron chi connectivity index (χ0n) is 11.8. The van der Waals surface area contributed by atoms with Crippen molar-refractivity contribution in [2.24, 2.45) is 5.84 Å². The fourth-order valence-electron chi connectivity index (χ4n) is 2.51. The molecular weight excluding hydrogens is 319 g/mol. The molecule has 1 unspecified atom stereocenters. The number of aryl methyl sites for hydroxylation is 3. The summed E-state index contributed by atoms with van der Waals surface area (Å²) in [5.41, 5.74) is 7.15. The lowest BCUT2D eigenvalue weighted by molar-refractivity contribution is 0.555. The number of rotatable bonds is 3. The van der Waals surface area contributed by atoms with Crippen molar-refractivity contribution in [3.05, 3.63) is 68.4 Å². The van der Waals surface area contributed by atoms with E-state index >= 15 is 0 Å². The molecule has 0 spiro atoms. The lowest BCUT2D eigenvalue weighted by Gasteiger charge is -2.22. The second-order valence-electron chi connectivity index (χ2n) is 5.10. The van der Waals surface area contributed by atoms with Gasteiger partial charge in [-0.25, -0.2) is 9.82 Å². The van der Waals surface area contributed by atoms with Crippen molar-refractivity contribution in [2.45, 2.75) is 26.8 Å². The normalized spacial score (nSPS) is 12.5. The predicted molar refractivity (Wildman–Crippen MR) is 83.9 cm³/mol. The van der Waals surface area contributed by atoms with E-state index in [4.69, 9.17) is 5.84 Å². The van der Waals surface area contributed by atoms with E-state index in [0.29, 0.717) is 5.56 Å². The molecule has 0 bridgehead atoms. The first-order chi connectivity index (χ1) is 9.43. The molecule has 2 nitrogen and oxygen atoms in total. The first-order valence-corrected chi connectivity index (χ1v) is 7.22. The molecule has 0 amide bonds. The van der Waals surface area contributed by atoms with Crippen molar-refractivity contribution in [1.82, 2.24) is 5.43 Å². The van der Waals surface area contributed by atoms with Gasteiger partial charge in [0.2, 0.25) is 0 Å². The molecule has 0 fully saturated rings. The minimum Gasteiger partial charge on any atom is -0.271 e. The van der Waals surface area contributed by atoms with Crippen molar-refractivity contribution in [2.75, 3.05) is 0 Å². The average molecular weight is 337 g/mol. The summed E-state index contributed by atoms with van der Waals surface area (Å²) in [4.78, 5) is 0. The zero-order chi connectivity index (χ0) is 14.9. The fourth-order valence-corrected chi connectivity index (χ4v) is 2.98. The molecule has 2 aromatic carbocycles. The SMILES string of the molecule is Cc1cc(C)c(C(NN)c2cc(C)ccc2Br)c(F)c1. The summed E-state index contributed by atoms with van der Waals surface area (Å²) in [5, 5.41) is 0. The second kappa shape index (κ2) is 6.04. The number of hydrogen-bond acceptors (Lipinski definition) is 2. The van der Waals surface area contributed by atoms with E-state index in [9.17, 15) is 4.39 Å². The maximum Gasteiger partial charge on any atom is 0.128 e. The van der Waals surface area contributed by atoms with Crippen molar-refractivity contribution in [1.29, 1.82) is 0 Å². The topological polar surface area (TPSA) is 38.0 Å². The molecule has 0 aliphatic heterocycles. The molecule has 20 heavy (non-hydrogen) atoms. The molecule has 2 rings (SSSR count). The van der Waals surface area contributed by atoms with Crippen LogP contribution in [0.3, 0.4) is 0 Å². The van der Waals surface area contributed by atoms with Gasteiger partial charge < -0.3 is 0 Å². The summed E-state index contributed by atoms with van der Waals surface area (Å²) in [7, 11) is 0. The first kappa shape index (κ1) is 15.2. The van der Waals surface area contributed by atoms with Crippen LogP contribution in [0.1, 0.15) is 33.9 Å². The van der Waals surface area contributed by atoms with E-state index in [1.54, 1.807) is 0 Å². The van der Waals surface area contributed by atoms with E-state index in [0.717, 1.165) is 26.7 Å². The van der Waals surface area contributed by atoms with Gasteiger partial charge in [-0.2, -0.15) is 0 Å². The minimum atomic E-state index is -0.384. The Kier molecular flexibility index (Phi) is 4.58. The molecule has 0 saturated carbocycles. The van der Waals surface area contributed by atoms with Crippen LogP contribution >= 0.6 is 15.9 Å². The Morgan fingerprint density at radius 2 is 1.80 bits per heavy atom. The molecule has 3 N–H and O–H groups in total. The predicted octanol–water partition coefficient (Wildman–Crippen LogP) is 4.07. The van der Waals surface area contributed by atoms with E-state index in [1.165, 1.54) is 6.07 Å². The molecule has 0 saturated heterocycles. The number of benzene rings is 2. The molecule has 106 valence electrons. The summed E-state index contributed by atoms with van der Waals surface area (Å²) < 4.78 is 15.3. The van der Waals surface area contributed by atoms with Gasteiger partial charge in [-0.1, -0.05) is 39.7 Å². The van der Waals surface area contributed by atoms with Crippen LogP contribution in [0, 0.1) is 26.6 Å². The quantitative estimate of drug-likeness (QED) is 0.655. The molecule has 2 aromatic rings. The van der Waals surface area contributed by atoms with Crippen LogP contribution in [0.2, 0.25) is 0 Å². The third-order valence-electron chi connectivity index (χ3n) is 3.40. The van der Waals surface area contributed by atoms with Crippen molar-refractivity contribution >= 4 is 15.9 Å². The van der Waals surface area contributed by atoms with Crippen LogP contribution in [0.15, 0.2) is 34.8 Å². The molecule has 4 heteroatoms. The fraction of sp³-hybridized carbons (Fsp3) is 0.250. The van der Waals surface area contributed by atoms with E-state index < -0.39 is 0 Å². The van der Waals surface area contributed by atoms with Crippen LogP contribution in [-0.2, 0) is 0 Å². The van der Waals surface area contributed by atoms with Crippen molar-refractivity contribution in [3.63, 3.8) is 0 Å². The summed E-state index contributed by atoms with van der Waals surface area (Å²) in [6, 6.07) is 9.08. The lowest BCUT2D eigenvalue weighted by Crippen LogP contribution is -2.30. The van der Waals surface area contributed by atoms with E-state index in [2.05, 4.69) is 21.4 Å². The molecule has 0 aliphatic carbocycles. The third-order valence-corrected chi connectivity index (χ3v) is 4.12. The van der Waals surface area contributed by atoms with Crippen molar-refractivity contribution in [3.8, 4) is 0 Å². The van der Waals surface area contributed by atoms with Gasteiger partial charge in [0.05, 0.1) is 6.04 Å². The van der Waals surface area contributed by atoms with Crippen LogP contribution in [0.4, 0.5) is 4.39 Å². The van der Waals surface area contributed by atoms with Gasteiger partial charge in [0, 0.05) is 10.0 Å². The number of hydrogen-bond donors (Lipinski definition) is 2. The largest absolute Gasteiger partial charge is 0.271 e. The number of halogens is 2. The second-order valence-corrected chi connectivity index (χ2v) is 5.96. The van der Waals surface area contributed by atoms with Gasteiger partial charge in [-0.3, -0.25) is 5.84 Å². The monoisotopic (exact) mass is 336 g/mol. The zero-order valence-corrected chi connectivity index (χ0v) is 13.4. The average Bonchev–Trinajstić information content (AvgIpc) is 2.37. The number of hydrazine groups is 1. The van der Waals surface area contributed by atoms with Crippen LogP contribution in [0.5, 0.6) is 0 Å². The molecular formula is C16H18BrFN2. The van der Waals surface area contributed by atoms with Gasteiger partial charge in [0.15, 0.2) is 0 Å². The van der Waals surface area contributed by atoms with E-state index in [-0.39, 0.29) is 11.9 Å². The number of nitrogens with two attached hydrogens (primary N) is 1. The van der Waals surface area contributed by atoms with Crippen LogP contribution in [0.25, 0.3) is 0 Å². The maximum atomic E-state index is 14.4. The van der Waals surface area contributed by atoms with Crippen LogP contribution in [-0.4, -0.2) is 0 Å². The standard InChI is InChI=1S/C16H18BrFN2/c1-9-4-5-13(17)12(7-9)16(20-19)15-11(3)6-10(2)8-14(15)18/h4-8,16,20H,19H2,1-3H3. The highest BCUT2D eigenvalue weighted by Crippen LogP contribution is 2.32. The Labute approximate surface area is 127 Å². The van der Waals surface area contributed by atoms with Crippen LogP contribution < -0.4 is 11.3 Å². The molecule has 0 aromatic heterocycles. The van der Waals surface area contributed by atoms with Gasteiger partial charge in [0.25, 0.3) is 0 Å². The Bertz CT molecular complexity index is 617. The molecule has 1 atom stereocenters. The van der Waals surface area contributed by atoms with Gasteiger partial charge in [0.1, 0.15) is 5.82 Å². The summed E-state index contributed by atoms with van der Waals surface area (Å²) in [5.74, 6) is 5.46. The third kappa shape index (κ3) is 2.92.